The van der Waals surface area contributed by atoms with E-state index >= 15 is 0 Å². The highest BCUT2D eigenvalue weighted by Gasteiger charge is 2.30. The molecule has 2 aromatic rings. The summed E-state index contributed by atoms with van der Waals surface area (Å²) < 4.78 is 1.97. The minimum atomic E-state index is 0.653. The van der Waals surface area contributed by atoms with Gasteiger partial charge in [0.2, 0.25) is 0 Å². The molecule has 2 aliphatic rings. The monoisotopic (exact) mass is 326 g/mol. The molecule has 3 heterocycles. The number of thioether (sulfide) groups is 1. The molecule has 0 spiro atoms. The van der Waals surface area contributed by atoms with Crippen molar-refractivity contribution in [2.75, 3.05) is 0 Å². The van der Waals surface area contributed by atoms with E-state index in [-0.39, 0.29) is 0 Å². The number of hydrogen-bond acceptors (Lipinski definition) is 5. The molecule has 4 rings (SSSR count). The van der Waals surface area contributed by atoms with Gasteiger partial charge in [-0.25, -0.2) is 14.7 Å². The molecule has 1 aliphatic carbocycles. The summed E-state index contributed by atoms with van der Waals surface area (Å²) >= 11 is 1.61. The molecule has 7 heteroatoms. The summed E-state index contributed by atoms with van der Waals surface area (Å²) in [4.78, 5) is 13.4. The fraction of sp³-hybridized carbons (Fsp3) is 0.375. The fourth-order valence-corrected chi connectivity index (χ4v) is 3.29. The Morgan fingerprint density at radius 1 is 1.43 bits per heavy atom. The molecule has 0 atom stereocenters. The Balaban J connectivity index is 1.47. The highest BCUT2D eigenvalue weighted by atomic mass is 32.2. The zero-order chi connectivity index (χ0) is 15.6. The fourth-order valence-electron chi connectivity index (χ4n) is 2.51. The number of hydrogen-bond donors (Lipinski definition) is 1. The van der Waals surface area contributed by atoms with Crippen molar-refractivity contribution in [1.82, 2.24) is 20.1 Å². The van der Waals surface area contributed by atoms with Crippen LogP contribution in [0.2, 0.25) is 0 Å². The van der Waals surface area contributed by atoms with E-state index in [1.165, 1.54) is 18.4 Å². The third-order valence-corrected chi connectivity index (χ3v) is 4.72. The molecule has 0 aromatic carbocycles. The molecule has 0 unspecified atom stereocenters. The average molecular weight is 326 g/mol. The Labute approximate surface area is 139 Å². The highest BCUT2D eigenvalue weighted by molar-refractivity contribution is 8.13. The van der Waals surface area contributed by atoms with Gasteiger partial charge >= 0.3 is 0 Å². The molecule has 1 N–H and O–H groups in total. The molecule has 0 amide bonds. The van der Waals surface area contributed by atoms with Gasteiger partial charge in [0, 0.05) is 24.5 Å². The van der Waals surface area contributed by atoms with Crippen LogP contribution >= 0.6 is 11.8 Å². The highest BCUT2D eigenvalue weighted by Crippen LogP contribution is 2.45. The molecule has 2 aromatic heterocycles. The first-order chi connectivity index (χ1) is 11.3. The quantitative estimate of drug-likeness (QED) is 0.695. The van der Waals surface area contributed by atoms with Gasteiger partial charge in [-0.05, 0) is 37.3 Å². The first kappa shape index (κ1) is 14.4. The van der Waals surface area contributed by atoms with E-state index in [2.05, 4.69) is 20.4 Å². The van der Waals surface area contributed by atoms with Gasteiger partial charge in [0.05, 0.1) is 12.1 Å². The van der Waals surface area contributed by atoms with Crippen molar-refractivity contribution in [1.29, 1.82) is 0 Å². The maximum Gasteiger partial charge on any atom is 0.193 e. The second-order valence-electron chi connectivity index (χ2n) is 5.78. The van der Waals surface area contributed by atoms with Crippen molar-refractivity contribution in [3.8, 4) is 0 Å². The van der Waals surface area contributed by atoms with Crippen LogP contribution in [-0.4, -0.2) is 25.8 Å². The standard InChI is InChI=1S/C16H18N6S/c1-11(18-8-12-3-2-6-17-7-12)20-16-21-15-14(13-4-5-13)9-19-22(15)10-23-16/h2-3,6-7,9,13H,4-5,8,10H2,1H3,(H,18,20,21). The number of amidine groups is 2. The average Bonchev–Trinajstić information content (AvgIpc) is 3.34. The molecule has 118 valence electrons. The summed E-state index contributed by atoms with van der Waals surface area (Å²) in [7, 11) is 0. The zero-order valence-corrected chi connectivity index (χ0v) is 13.8. The summed E-state index contributed by atoms with van der Waals surface area (Å²) in [5.41, 5.74) is 2.41. The van der Waals surface area contributed by atoms with Crippen molar-refractivity contribution in [3.05, 3.63) is 41.9 Å². The molecule has 1 aliphatic heterocycles. The molecule has 0 bridgehead atoms. The first-order valence-corrected chi connectivity index (χ1v) is 8.73. The van der Waals surface area contributed by atoms with Crippen LogP contribution < -0.4 is 5.32 Å². The lowest BCUT2D eigenvalue weighted by atomic mass is 10.2. The topological polar surface area (TPSA) is 67.5 Å². The normalized spacial score (nSPS) is 17.6. The van der Waals surface area contributed by atoms with Gasteiger partial charge in [-0.2, -0.15) is 5.10 Å². The number of pyridine rings is 1. The van der Waals surface area contributed by atoms with E-state index in [9.17, 15) is 0 Å². The van der Waals surface area contributed by atoms with Crippen molar-refractivity contribution in [2.24, 2.45) is 9.98 Å². The van der Waals surface area contributed by atoms with Crippen LogP contribution in [0, 0.1) is 0 Å². The van der Waals surface area contributed by atoms with Gasteiger partial charge in [-0.1, -0.05) is 17.8 Å². The number of rotatable bonds is 3. The van der Waals surface area contributed by atoms with Crippen molar-refractivity contribution in [2.45, 2.75) is 38.1 Å². The van der Waals surface area contributed by atoms with Crippen LogP contribution in [0.4, 0.5) is 5.82 Å². The number of aromatic nitrogens is 3. The Morgan fingerprint density at radius 2 is 2.35 bits per heavy atom. The molecule has 1 saturated carbocycles. The summed E-state index contributed by atoms with van der Waals surface area (Å²) in [6.45, 7) is 2.68. The van der Waals surface area contributed by atoms with E-state index < -0.39 is 0 Å². The van der Waals surface area contributed by atoms with Crippen LogP contribution in [0.15, 0.2) is 40.7 Å². The second-order valence-corrected chi connectivity index (χ2v) is 6.69. The van der Waals surface area contributed by atoms with Crippen LogP contribution in [-0.2, 0) is 12.4 Å². The lowest BCUT2D eigenvalue weighted by Gasteiger charge is -2.13. The summed E-state index contributed by atoms with van der Waals surface area (Å²) in [6.07, 6.45) is 8.11. The van der Waals surface area contributed by atoms with Crippen molar-refractivity contribution >= 4 is 28.6 Å². The number of nitrogens with zero attached hydrogens (tertiary/aromatic N) is 5. The Hall–Kier alpha value is -2.15. The van der Waals surface area contributed by atoms with Gasteiger partial charge in [-0.15, -0.1) is 0 Å². The molecule has 6 nitrogen and oxygen atoms in total. The minimum Gasteiger partial charge on any atom is -0.370 e. The maximum atomic E-state index is 4.70. The van der Waals surface area contributed by atoms with E-state index in [0.29, 0.717) is 12.5 Å². The Bertz CT molecular complexity index is 760. The van der Waals surface area contributed by atoms with Gasteiger partial charge in [0.1, 0.15) is 5.84 Å². The van der Waals surface area contributed by atoms with Crippen molar-refractivity contribution in [3.63, 3.8) is 0 Å². The molecular formula is C16H18N6S. The van der Waals surface area contributed by atoms with Crippen LogP contribution in [0.5, 0.6) is 0 Å². The lowest BCUT2D eigenvalue weighted by Crippen LogP contribution is -2.21. The summed E-state index contributed by atoms with van der Waals surface area (Å²) in [5.74, 6) is 3.28. The predicted octanol–water partition coefficient (Wildman–Crippen LogP) is 3.06. The van der Waals surface area contributed by atoms with Crippen LogP contribution in [0.3, 0.4) is 0 Å². The van der Waals surface area contributed by atoms with Gasteiger partial charge < -0.3 is 5.32 Å². The zero-order valence-electron chi connectivity index (χ0n) is 12.9. The summed E-state index contributed by atoms with van der Waals surface area (Å²) in [6, 6.07) is 3.98. The minimum absolute atomic E-state index is 0.653. The SMILES string of the molecule is C/C(=N\C1=Nc2c(C3CC3)cnn2CS1)NCc1cccnc1. The Kier molecular flexibility index (Phi) is 3.87. The number of fused-ring (bicyclic) bond motifs is 1. The number of aliphatic imine (C=N–C) groups is 2. The maximum absolute atomic E-state index is 4.70. The third-order valence-electron chi connectivity index (χ3n) is 3.91. The smallest absolute Gasteiger partial charge is 0.193 e. The third kappa shape index (κ3) is 3.29. The summed E-state index contributed by atoms with van der Waals surface area (Å²) in [5, 5.41) is 8.53. The van der Waals surface area contributed by atoms with Gasteiger partial charge in [0.25, 0.3) is 0 Å². The Morgan fingerprint density at radius 3 is 3.13 bits per heavy atom. The number of nitrogens with one attached hydrogen (secondary N) is 1. The van der Waals surface area contributed by atoms with Crippen LogP contribution in [0.25, 0.3) is 0 Å². The lowest BCUT2D eigenvalue weighted by molar-refractivity contribution is 0.751. The molecule has 1 fully saturated rings. The van der Waals surface area contributed by atoms with E-state index in [0.717, 1.165) is 28.3 Å². The molecule has 0 radical (unpaired) electrons. The van der Waals surface area contributed by atoms with Gasteiger partial charge in [0.15, 0.2) is 11.0 Å². The van der Waals surface area contributed by atoms with E-state index in [4.69, 9.17) is 4.99 Å². The predicted molar refractivity (Wildman–Crippen MR) is 93.1 cm³/mol. The van der Waals surface area contributed by atoms with E-state index in [1.807, 2.05) is 36.1 Å². The van der Waals surface area contributed by atoms with E-state index in [1.54, 1.807) is 18.0 Å². The first-order valence-electron chi connectivity index (χ1n) is 7.75. The molecular weight excluding hydrogens is 308 g/mol. The largest absolute Gasteiger partial charge is 0.370 e. The molecule has 23 heavy (non-hydrogen) atoms. The van der Waals surface area contributed by atoms with Crippen LogP contribution in [0.1, 0.15) is 36.8 Å². The van der Waals surface area contributed by atoms with Crippen molar-refractivity contribution < 1.29 is 0 Å². The molecule has 0 saturated heterocycles. The second kappa shape index (κ2) is 6.16. The van der Waals surface area contributed by atoms with Gasteiger partial charge in [-0.3, -0.25) is 4.98 Å².